The maximum Gasteiger partial charge on any atom is 0.217 e. The monoisotopic (exact) mass is 406 g/mol. The molecule has 2 fully saturated rings. The fraction of sp³-hybridized carbons (Fsp3) is 0.500. The first-order valence-electron chi connectivity index (χ1n) is 11.4. The standard InChI is InChI=1S/C26H34N2O2/c1-29-26-24(10-6-16-27-26)19-28-17-14-21(15-18-28)12-13-23-9-4-5-11-25(23)30-20-22-7-2-3-8-22/h4-6,9-13,16,21-22H,2-3,7-8,14-15,17-20H2,1H3/b13-12+. The Labute approximate surface area is 180 Å². The molecule has 0 spiro atoms. The van der Waals surface area contributed by atoms with Gasteiger partial charge < -0.3 is 9.47 Å². The van der Waals surface area contributed by atoms with Crippen LogP contribution in [0.1, 0.15) is 49.7 Å². The lowest BCUT2D eigenvalue weighted by molar-refractivity contribution is 0.193. The van der Waals surface area contributed by atoms with Crippen LogP contribution in [0, 0.1) is 11.8 Å². The van der Waals surface area contributed by atoms with Gasteiger partial charge in [-0.1, -0.05) is 49.3 Å². The highest BCUT2D eigenvalue weighted by atomic mass is 16.5. The van der Waals surface area contributed by atoms with Crippen molar-refractivity contribution >= 4 is 6.08 Å². The summed E-state index contributed by atoms with van der Waals surface area (Å²) in [6.45, 7) is 3.98. The summed E-state index contributed by atoms with van der Waals surface area (Å²) in [5.74, 6) is 3.14. The fourth-order valence-electron chi connectivity index (χ4n) is 4.65. The highest BCUT2D eigenvalue weighted by Crippen LogP contribution is 2.28. The number of nitrogens with zero attached hydrogens (tertiary/aromatic N) is 2. The van der Waals surface area contributed by atoms with E-state index in [-0.39, 0.29) is 0 Å². The Balaban J connectivity index is 1.28. The van der Waals surface area contributed by atoms with Crippen molar-refractivity contribution in [3.05, 3.63) is 59.8 Å². The fourth-order valence-corrected chi connectivity index (χ4v) is 4.65. The number of aromatic nitrogens is 1. The molecule has 2 aliphatic rings. The van der Waals surface area contributed by atoms with Gasteiger partial charge in [-0.25, -0.2) is 4.98 Å². The van der Waals surface area contributed by atoms with E-state index >= 15 is 0 Å². The molecule has 2 heterocycles. The average molecular weight is 407 g/mol. The van der Waals surface area contributed by atoms with Gasteiger partial charge >= 0.3 is 0 Å². The summed E-state index contributed by atoms with van der Waals surface area (Å²) in [6, 6.07) is 12.6. The molecule has 0 amide bonds. The van der Waals surface area contributed by atoms with Crippen LogP contribution in [0.25, 0.3) is 6.08 Å². The van der Waals surface area contributed by atoms with Crippen molar-refractivity contribution in [1.82, 2.24) is 9.88 Å². The SMILES string of the molecule is COc1ncccc1CN1CCC(/C=C/c2ccccc2OCC2CCCC2)CC1. The Bertz CT molecular complexity index is 821. The van der Waals surface area contributed by atoms with Crippen LogP contribution < -0.4 is 9.47 Å². The Morgan fingerprint density at radius 2 is 1.83 bits per heavy atom. The van der Waals surface area contributed by atoms with Gasteiger partial charge in [-0.3, -0.25) is 4.90 Å². The summed E-state index contributed by atoms with van der Waals surface area (Å²) in [5.41, 5.74) is 2.38. The van der Waals surface area contributed by atoms with E-state index < -0.39 is 0 Å². The second-order valence-corrected chi connectivity index (χ2v) is 8.64. The molecule has 0 N–H and O–H groups in total. The molecule has 1 aliphatic heterocycles. The molecular formula is C26H34N2O2. The summed E-state index contributed by atoms with van der Waals surface area (Å²) in [5, 5.41) is 0. The number of para-hydroxylation sites is 1. The number of likely N-dealkylation sites (tertiary alicyclic amines) is 1. The zero-order valence-electron chi connectivity index (χ0n) is 18.1. The number of ether oxygens (including phenoxy) is 2. The predicted molar refractivity (Wildman–Crippen MR) is 122 cm³/mol. The molecule has 30 heavy (non-hydrogen) atoms. The Kier molecular flexibility index (Phi) is 7.41. The molecule has 1 aliphatic carbocycles. The van der Waals surface area contributed by atoms with E-state index in [4.69, 9.17) is 9.47 Å². The smallest absolute Gasteiger partial charge is 0.217 e. The molecule has 2 aromatic rings. The molecule has 0 atom stereocenters. The summed E-state index contributed by atoms with van der Waals surface area (Å²) in [6.07, 6.45) is 14.2. The zero-order chi connectivity index (χ0) is 20.6. The minimum absolute atomic E-state index is 0.625. The minimum atomic E-state index is 0.625. The average Bonchev–Trinajstić information content (AvgIpc) is 3.32. The number of hydrogen-bond acceptors (Lipinski definition) is 4. The van der Waals surface area contributed by atoms with Crippen molar-refractivity contribution < 1.29 is 9.47 Å². The highest BCUT2D eigenvalue weighted by Gasteiger charge is 2.19. The maximum atomic E-state index is 6.19. The van der Waals surface area contributed by atoms with Crippen LogP contribution in [0.4, 0.5) is 0 Å². The van der Waals surface area contributed by atoms with Gasteiger partial charge in [0, 0.05) is 23.9 Å². The molecule has 0 unspecified atom stereocenters. The van der Waals surface area contributed by atoms with Crippen molar-refractivity contribution in [3.8, 4) is 11.6 Å². The van der Waals surface area contributed by atoms with Crippen molar-refractivity contribution in [1.29, 1.82) is 0 Å². The first kappa shape index (κ1) is 20.9. The molecule has 4 nitrogen and oxygen atoms in total. The van der Waals surface area contributed by atoms with Gasteiger partial charge in [0.25, 0.3) is 0 Å². The van der Waals surface area contributed by atoms with Crippen LogP contribution >= 0.6 is 0 Å². The molecule has 0 radical (unpaired) electrons. The molecule has 4 heteroatoms. The van der Waals surface area contributed by atoms with Crippen LogP contribution in [-0.4, -0.2) is 36.7 Å². The first-order chi connectivity index (χ1) is 14.8. The Morgan fingerprint density at radius 3 is 2.63 bits per heavy atom. The largest absolute Gasteiger partial charge is 0.493 e. The van der Waals surface area contributed by atoms with Crippen LogP contribution in [0.15, 0.2) is 48.7 Å². The molecule has 1 saturated heterocycles. The second kappa shape index (κ2) is 10.6. The first-order valence-corrected chi connectivity index (χ1v) is 11.4. The summed E-state index contributed by atoms with van der Waals surface area (Å²) in [7, 11) is 1.69. The molecular weight excluding hydrogens is 372 g/mol. The van der Waals surface area contributed by atoms with Gasteiger partial charge in [0.2, 0.25) is 5.88 Å². The Morgan fingerprint density at radius 1 is 1.03 bits per heavy atom. The summed E-state index contributed by atoms with van der Waals surface area (Å²) < 4.78 is 11.6. The lowest BCUT2D eigenvalue weighted by Gasteiger charge is -2.30. The van der Waals surface area contributed by atoms with Crippen molar-refractivity contribution in [2.24, 2.45) is 11.8 Å². The molecule has 1 saturated carbocycles. The third-order valence-corrected chi connectivity index (χ3v) is 6.49. The maximum absolute atomic E-state index is 6.19. The van der Waals surface area contributed by atoms with Crippen LogP contribution in [0.5, 0.6) is 11.6 Å². The van der Waals surface area contributed by atoms with Gasteiger partial charge in [-0.2, -0.15) is 0 Å². The third kappa shape index (κ3) is 5.63. The van der Waals surface area contributed by atoms with Gasteiger partial charge in [-0.05, 0) is 62.7 Å². The highest BCUT2D eigenvalue weighted by molar-refractivity contribution is 5.57. The quantitative estimate of drug-likeness (QED) is 0.573. The number of allylic oxidation sites excluding steroid dienone is 1. The number of piperidine rings is 1. The van der Waals surface area contributed by atoms with E-state index in [1.54, 1.807) is 13.3 Å². The van der Waals surface area contributed by atoms with Crippen molar-refractivity contribution in [3.63, 3.8) is 0 Å². The van der Waals surface area contributed by atoms with E-state index in [1.165, 1.54) is 49.7 Å². The van der Waals surface area contributed by atoms with Crippen molar-refractivity contribution in [2.75, 3.05) is 26.8 Å². The van der Waals surface area contributed by atoms with E-state index in [0.29, 0.717) is 5.92 Å². The molecule has 1 aromatic heterocycles. The topological polar surface area (TPSA) is 34.6 Å². The molecule has 4 rings (SSSR count). The third-order valence-electron chi connectivity index (χ3n) is 6.49. The molecule has 160 valence electrons. The van der Waals surface area contributed by atoms with Crippen molar-refractivity contribution in [2.45, 2.75) is 45.1 Å². The van der Waals surface area contributed by atoms with E-state index in [1.807, 2.05) is 6.07 Å². The van der Waals surface area contributed by atoms with Crippen LogP contribution in [0.3, 0.4) is 0 Å². The Hall–Kier alpha value is -2.33. The lowest BCUT2D eigenvalue weighted by Crippen LogP contribution is -2.32. The van der Waals surface area contributed by atoms with Gasteiger partial charge in [0.05, 0.1) is 13.7 Å². The summed E-state index contributed by atoms with van der Waals surface area (Å²) in [4.78, 5) is 6.82. The number of rotatable bonds is 8. The normalized spacial score (nSPS) is 18.8. The number of pyridine rings is 1. The number of hydrogen-bond donors (Lipinski definition) is 0. The second-order valence-electron chi connectivity index (χ2n) is 8.64. The van der Waals surface area contributed by atoms with Crippen LogP contribution in [0.2, 0.25) is 0 Å². The van der Waals surface area contributed by atoms with E-state index in [9.17, 15) is 0 Å². The van der Waals surface area contributed by atoms with E-state index in [0.717, 1.165) is 43.8 Å². The van der Waals surface area contributed by atoms with Gasteiger partial charge in [0.1, 0.15) is 5.75 Å². The lowest BCUT2D eigenvalue weighted by atomic mass is 9.95. The van der Waals surface area contributed by atoms with Gasteiger partial charge in [-0.15, -0.1) is 0 Å². The summed E-state index contributed by atoms with van der Waals surface area (Å²) >= 11 is 0. The van der Waals surface area contributed by atoms with Crippen LogP contribution in [-0.2, 0) is 6.54 Å². The minimum Gasteiger partial charge on any atom is -0.493 e. The van der Waals surface area contributed by atoms with Gasteiger partial charge in [0.15, 0.2) is 0 Å². The molecule has 0 bridgehead atoms. The van der Waals surface area contributed by atoms with E-state index in [2.05, 4.69) is 52.4 Å². The molecule has 1 aromatic carbocycles. The number of methoxy groups -OCH3 is 1. The zero-order valence-corrected chi connectivity index (χ0v) is 18.1. The predicted octanol–water partition coefficient (Wildman–Crippen LogP) is 5.58. The number of benzene rings is 1.